The Morgan fingerprint density at radius 3 is 2.36 bits per heavy atom. The SMILES string of the molecule is Cc1cc(C#CCC#N)cc(C)c1N. The van der Waals surface area contributed by atoms with E-state index in [-0.39, 0.29) is 6.42 Å². The van der Waals surface area contributed by atoms with Crippen molar-refractivity contribution in [2.24, 2.45) is 0 Å². The first-order chi connectivity index (χ1) is 6.65. The van der Waals surface area contributed by atoms with Crippen molar-refractivity contribution in [1.82, 2.24) is 0 Å². The first-order valence-electron chi connectivity index (χ1n) is 4.37. The number of anilines is 1. The number of hydrogen-bond acceptors (Lipinski definition) is 2. The van der Waals surface area contributed by atoms with Gasteiger partial charge in [0.15, 0.2) is 0 Å². The van der Waals surface area contributed by atoms with Gasteiger partial charge in [-0.3, -0.25) is 0 Å². The fraction of sp³-hybridized carbons (Fsp3) is 0.250. The molecule has 1 rings (SSSR count). The van der Waals surface area contributed by atoms with Crippen LogP contribution in [-0.2, 0) is 0 Å². The highest BCUT2D eigenvalue weighted by atomic mass is 14.6. The Balaban J connectivity index is 3.04. The Morgan fingerprint density at radius 1 is 1.29 bits per heavy atom. The Kier molecular flexibility index (Phi) is 3.15. The minimum Gasteiger partial charge on any atom is -0.398 e. The van der Waals surface area contributed by atoms with E-state index in [1.54, 1.807) is 0 Å². The van der Waals surface area contributed by atoms with Gasteiger partial charge in [-0.2, -0.15) is 5.26 Å². The summed E-state index contributed by atoms with van der Waals surface area (Å²) in [4.78, 5) is 0. The first kappa shape index (κ1) is 10.2. The lowest BCUT2D eigenvalue weighted by Gasteiger charge is -2.04. The maximum absolute atomic E-state index is 8.33. The fourth-order valence-corrected chi connectivity index (χ4v) is 1.23. The summed E-state index contributed by atoms with van der Waals surface area (Å²) in [5.74, 6) is 5.70. The summed E-state index contributed by atoms with van der Waals surface area (Å²) in [7, 11) is 0. The number of nitrogen functional groups attached to an aromatic ring is 1. The van der Waals surface area contributed by atoms with Crippen LogP contribution in [-0.4, -0.2) is 0 Å². The van der Waals surface area contributed by atoms with E-state index >= 15 is 0 Å². The molecule has 1 aromatic carbocycles. The number of aryl methyl sites for hydroxylation is 2. The summed E-state index contributed by atoms with van der Waals surface area (Å²) >= 11 is 0. The quantitative estimate of drug-likeness (QED) is 0.496. The van der Waals surface area contributed by atoms with E-state index < -0.39 is 0 Å². The molecule has 0 unspecified atom stereocenters. The molecule has 0 bridgehead atoms. The molecule has 2 nitrogen and oxygen atoms in total. The molecular weight excluding hydrogens is 172 g/mol. The van der Waals surface area contributed by atoms with Gasteiger partial charge in [-0.15, -0.1) is 0 Å². The molecule has 0 saturated carbocycles. The standard InChI is InChI=1S/C12H12N2/c1-9-7-11(5-3-4-6-13)8-10(2)12(9)14/h7-8H,4,14H2,1-2H3. The zero-order valence-electron chi connectivity index (χ0n) is 8.39. The molecule has 0 aliphatic rings. The van der Waals surface area contributed by atoms with Crippen LogP contribution in [0.4, 0.5) is 5.69 Å². The van der Waals surface area contributed by atoms with E-state index in [2.05, 4.69) is 11.8 Å². The van der Waals surface area contributed by atoms with Crippen molar-refractivity contribution in [2.45, 2.75) is 20.3 Å². The van der Waals surface area contributed by atoms with E-state index in [0.29, 0.717) is 0 Å². The van der Waals surface area contributed by atoms with E-state index in [9.17, 15) is 0 Å². The average molecular weight is 184 g/mol. The van der Waals surface area contributed by atoms with Crippen molar-refractivity contribution in [1.29, 1.82) is 5.26 Å². The van der Waals surface area contributed by atoms with Crippen molar-refractivity contribution in [2.75, 3.05) is 5.73 Å². The highest BCUT2D eigenvalue weighted by molar-refractivity contribution is 5.57. The normalized spacial score (nSPS) is 8.64. The molecule has 0 aliphatic carbocycles. The molecular formula is C12H12N2. The average Bonchev–Trinajstić information content (AvgIpc) is 2.14. The Morgan fingerprint density at radius 2 is 1.86 bits per heavy atom. The molecule has 70 valence electrons. The largest absolute Gasteiger partial charge is 0.398 e. The lowest BCUT2D eigenvalue weighted by molar-refractivity contribution is 1.37. The third-order valence-corrected chi connectivity index (χ3v) is 1.99. The number of nitrogens with two attached hydrogens (primary N) is 1. The van der Waals surface area contributed by atoms with Gasteiger partial charge in [0.05, 0.1) is 12.5 Å². The third kappa shape index (κ3) is 2.28. The van der Waals surface area contributed by atoms with Crippen molar-refractivity contribution < 1.29 is 0 Å². The zero-order chi connectivity index (χ0) is 10.6. The van der Waals surface area contributed by atoms with Crippen molar-refractivity contribution in [3.63, 3.8) is 0 Å². The highest BCUT2D eigenvalue weighted by Crippen LogP contribution is 2.17. The van der Waals surface area contributed by atoms with Gasteiger partial charge in [-0.1, -0.05) is 11.8 Å². The van der Waals surface area contributed by atoms with Gasteiger partial charge in [0.25, 0.3) is 0 Å². The van der Waals surface area contributed by atoms with Gasteiger partial charge < -0.3 is 5.73 Å². The summed E-state index contributed by atoms with van der Waals surface area (Å²) in [5.41, 5.74) is 9.61. The van der Waals surface area contributed by atoms with Gasteiger partial charge in [0.1, 0.15) is 0 Å². The molecule has 0 aliphatic heterocycles. The zero-order valence-corrected chi connectivity index (χ0v) is 8.39. The second-order valence-electron chi connectivity index (χ2n) is 3.16. The van der Waals surface area contributed by atoms with E-state index in [4.69, 9.17) is 11.0 Å². The predicted octanol–water partition coefficient (Wildman–Crippen LogP) is 2.15. The summed E-state index contributed by atoms with van der Waals surface area (Å²) in [6.45, 7) is 3.91. The van der Waals surface area contributed by atoms with Crippen LogP contribution in [0.3, 0.4) is 0 Å². The summed E-state index contributed by atoms with van der Waals surface area (Å²) in [6.07, 6.45) is 0.266. The summed E-state index contributed by atoms with van der Waals surface area (Å²) in [6, 6.07) is 5.85. The Hall–Kier alpha value is -1.93. The van der Waals surface area contributed by atoms with Crippen LogP contribution in [0.15, 0.2) is 12.1 Å². The molecule has 2 heteroatoms. The van der Waals surface area contributed by atoms with Crippen LogP contribution in [0.5, 0.6) is 0 Å². The van der Waals surface area contributed by atoms with Gasteiger partial charge in [0, 0.05) is 11.3 Å². The van der Waals surface area contributed by atoms with Crippen LogP contribution >= 0.6 is 0 Å². The minimum atomic E-state index is 0.266. The first-order valence-corrected chi connectivity index (χ1v) is 4.37. The number of nitriles is 1. The van der Waals surface area contributed by atoms with Crippen molar-refractivity contribution in [3.8, 4) is 17.9 Å². The van der Waals surface area contributed by atoms with Crippen LogP contribution in [0, 0.1) is 37.0 Å². The molecule has 0 aromatic heterocycles. The fourth-order valence-electron chi connectivity index (χ4n) is 1.23. The second kappa shape index (κ2) is 4.35. The topological polar surface area (TPSA) is 49.8 Å². The number of benzene rings is 1. The van der Waals surface area contributed by atoms with E-state index in [1.807, 2.05) is 32.0 Å². The van der Waals surface area contributed by atoms with Gasteiger partial charge in [-0.25, -0.2) is 0 Å². The molecule has 0 saturated heterocycles. The van der Waals surface area contributed by atoms with Crippen molar-refractivity contribution >= 4 is 5.69 Å². The third-order valence-electron chi connectivity index (χ3n) is 1.99. The van der Waals surface area contributed by atoms with Crippen LogP contribution in [0.2, 0.25) is 0 Å². The molecule has 0 heterocycles. The maximum atomic E-state index is 8.33. The number of nitrogens with zero attached hydrogens (tertiary/aromatic N) is 1. The molecule has 0 atom stereocenters. The van der Waals surface area contributed by atoms with Crippen molar-refractivity contribution in [3.05, 3.63) is 28.8 Å². The van der Waals surface area contributed by atoms with Gasteiger partial charge in [0.2, 0.25) is 0 Å². The lowest BCUT2D eigenvalue weighted by Crippen LogP contribution is -1.94. The van der Waals surface area contributed by atoms with Gasteiger partial charge >= 0.3 is 0 Å². The predicted molar refractivity (Wildman–Crippen MR) is 57.4 cm³/mol. The lowest BCUT2D eigenvalue weighted by atomic mass is 10.1. The molecule has 0 radical (unpaired) electrons. The molecule has 14 heavy (non-hydrogen) atoms. The number of hydrogen-bond donors (Lipinski definition) is 1. The van der Waals surface area contributed by atoms with Crippen LogP contribution in [0.25, 0.3) is 0 Å². The monoisotopic (exact) mass is 184 g/mol. The van der Waals surface area contributed by atoms with E-state index in [1.165, 1.54) is 0 Å². The molecule has 2 N–H and O–H groups in total. The second-order valence-corrected chi connectivity index (χ2v) is 3.16. The highest BCUT2D eigenvalue weighted by Gasteiger charge is 1.98. The Labute approximate surface area is 84.4 Å². The smallest absolute Gasteiger partial charge is 0.0966 e. The van der Waals surface area contributed by atoms with Crippen LogP contribution < -0.4 is 5.73 Å². The maximum Gasteiger partial charge on any atom is 0.0966 e. The van der Waals surface area contributed by atoms with Gasteiger partial charge in [-0.05, 0) is 37.1 Å². The molecule has 0 amide bonds. The minimum absolute atomic E-state index is 0.266. The molecule has 0 spiro atoms. The summed E-state index contributed by atoms with van der Waals surface area (Å²) < 4.78 is 0. The van der Waals surface area contributed by atoms with Crippen LogP contribution in [0.1, 0.15) is 23.1 Å². The summed E-state index contributed by atoms with van der Waals surface area (Å²) in [5, 5.41) is 8.33. The number of rotatable bonds is 0. The Bertz CT molecular complexity index is 419. The molecule has 1 aromatic rings. The molecule has 0 fully saturated rings. The van der Waals surface area contributed by atoms with E-state index in [0.717, 1.165) is 22.4 Å².